The molecule has 0 radical (unpaired) electrons. The van der Waals surface area contributed by atoms with Crippen LogP contribution in [0.1, 0.15) is 15.9 Å². The Morgan fingerprint density at radius 3 is 2.72 bits per heavy atom. The van der Waals surface area contributed by atoms with Gasteiger partial charge in [0.1, 0.15) is 0 Å². The Morgan fingerprint density at radius 1 is 1.24 bits per heavy atom. The molecule has 0 saturated heterocycles. The zero-order chi connectivity index (χ0) is 18.0. The summed E-state index contributed by atoms with van der Waals surface area (Å²) in [6.07, 6.45) is 0. The van der Waals surface area contributed by atoms with Crippen molar-refractivity contribution in [3.05, 3.63) is 69.2 Å². The lowest BCUT2D eigenvalue weighted by Crippen LogP contribution is -2.04. The SMILES string of the molecule is Cc1ccccc1-n1nc(SCC(=O)c2ccc(F)c(F)c2)sc1=S. The van der Waals surface area contributed by atoms with E-state index >= 15 is 0 Å². The molecule has 2 aromatic carbocycles. The average molecular weight is 394 g/mol. The molecular formula is C17H12F2N2OS3. The molecule has 1 heterocycles. The number of nitrogens with zero attached hydrogens (tertiary/aromatic N) is 2. The van der Waals surface area contributed by atoms with Crippen molar-refractivity contribution >= 4 is 41.1 Å². The number of carbonyl (C=O) groups is 1. The lowest BCUT2D eigenvalue weighted by Gasteiger charge is -2.04. The first-order valence-corrected chi connectivity index (χ1v) is 9.44. The number of benzene rings is 2. The van der Waals surface area contributed by atoms with Crippen LogP contribution in [-0.4, -0.2) is 21.3 Å². The van der Waals surface area contributed by atoms with Crippen LogP contribution in [0.25, 0.3) is 5.69 Å². The average Bonchev–Trinajstić information content (AvgIpc) is 2.96. The minimum atomic E-state index is -1.03. The summed E-state index contributed by atoms with van der Waals surface area (Å²) in [5, 5.41) is 4.45. The molecular weight excluding hydrogens is 382 g/mol. The second kappa shape index (κ2) is 7.55. The summed E-state index contributed by atoms with van der Waals surface area (Å²) in [5.41, 5.74) is 2.06. The van der Waals surface area contributed by atoms with Crippen molar-refractivity contribution in [1.82, 2.24) is 9.78 Å². The number of carbonyl (C=O) groups excluding carboxylic acids is 1. The third-order valence-electron chi connectivity index (χ3n) is 3.44. The Kier molecular flexibility index (Phi) is 5.41. The second-order valence-corrected chi connectivity index (χ2v) is 8.02. The molecule has 0 N–H and O–H groups in total. The Labute approximate surface area is 156 Å². The van der Waals surface area contributed by atoms with E-state index in [0.717, 1.165) is 23.4 Å². The first kappa shape index (κ1) is 17.9. The van der Waals surface area contributed by atoms with Crippen molar-refractivity contribution in [2.45, 2.75) is 11.3 Å². The molecule has 1 aromatic heterocycles. The molecule has 0 aliphatic heterocycles. The highest BCUT2D eigenvalue weighted by Gasteiger charge is 2.13. The monoisotopic (exact) mass is 394 g/mol. The quantitative estimate of drug-likeness (QED) is 0.337. The van der Waals surface area contributed by atoms with Gasteiger partial charge in [0.05, 0.1) is 11.4 Å². The van der Waals surface area contributed by atoms with Crippen LogP contribution in [0.3, 0.4) is 0 Å². The van der Waals surface area contributed by atoms with Crippen molar-refractivity contribution in [2.75, 3.05) is 5.75 Å². The molecule has 3 rings (SSSR count). The zero-order valence-corrected chi connectivity index (χ0v) is 15.5. The largest absolute Gasteiger partial charge is 0.293 e. The van der Waals surface area contributed by atoms with E-state index < -0.39 is 11.6 Å². The molecule has 0 bridgehead atoms. The predicted molar refractivity (Wildman–Crippen MR) is 98.4 cm³/mol. The summed E-state index contributed by atoms with van der Waals surface area (Å²) in [4.78, 5) is 12.1. The van der Waals surface area contributed by atoms with Crippen LogP contribution in [0.2, 0.25) is 0 Å². The Hall–Kier alpha value is -1.90. The minimum Gasteiger partial charge on any atom is -0.293 e. The van der Waals surface area contributed by atoms with Gasteiger partial charge in [0.25, 0.3) is 0 Å². The molecule has 8 heteroatoms. The van der Waals surface area contributed by atoms with Gasteiger partial charge in [-0.15, -0.1) is 5.10 Å². The Balaban J connectivity index is 1.75. The highest BCUT2D eigenvalue weighted by Crippen LogP contribution is 2.26. The molecule has 0 saturated carbocycles. The van der Waals surface area contributed by atoms with Gasteiger partial charge in [-0.05, 0) is 49.0 Å². The number of aromatic nitrogens is 2. The summed E-state index contributed by atoms with van der Waals surface area (Å²) < 4.78 is 29.1. The van der Waals surface area contributed by atoms with Crippen LogP contribution in [0.15, 0.2) is 46.8 Å². The number of aryl methyl sites for hydroxylation is 1. The number of ketones is 1. The van der Waals surface area contributed by atoms with E-state index in [1.165, 1.54) is 29.2 Å². The van der Waals surface area contributed by atoms with Crippen molar-refractivity contribution in [2.24, 2.45) is 0 Å². The van der Waals surface area contributed by atoms with E-state index in [9.17, 15) is 13.6 Å². The fourth-order valence-electron chi connectivity index (χ4n) is 2.15. The van der Waals surface area contributed by atoms with Gasteiger partial charge in [0.2, 0.25) is 0 Å². The lowest BCUT2D eigenvalue weighted by atomic mass is 10.1. The number of hydrogen-bond acceptors (Lipinski definition) is 5. The Bertz CT molecular complexity index is 998. The van der Waals surface area contributed by atoms with Crippen LogP contribution in [-0.2, 0) is 0 Å². The highest BCUT2D eigenvalue weighted by molar-refractivity contribution is 8.01. The summed E-state index contributed by atoms with van der Waals surface area (Å²) in [5.74, 6) is -2.23. The molecule has 0 fully saturated rings. The third-order valence-corrected chi connectivity index (χ3v) is 5.81. The van der Waals surface area contributed by atoms with E-state index in [2.05, 4.69) is 5.10 Å². The molecule has 0 unspecified atom stereocenters. The summed E-state index contributed by atoms with van der Waals surface area (Å²) >= 11 is 7.88. The van der Waals surface area contributed by atoms with Gasteiger partial charge in [-0.25, -0.2) is 13.5 Å². The maximum Gasteiger partial charge on any atom is 0.184 e. The standard InChI is InChI=1S/C17H12F2N2OS3/c1-10-4-2-3-5-14(10)21-17(23)25-16(20-21)24-9-15(22)11-6-7-12(18)13(19)8-11/h2-8H,9H2,1H3. The first-order valence-electron chi connectivity index (χ1n) is 7.23. The first-order chi connectivity index (χ1) is 12.0. The fourth-order valence-corrected chi connectivity index (χ4v) is 4.39. The smallest absolute Gasteiger partial charge is 0.184 e. The van der Waals surface area contributed by atoms with Crippen LogP contribution >= 0.6 is 35.3 Å². The van der Waals surface area contributed by atoms with Crippen LogP contribution < -0.4 is 0 Å². The van der Waals surface area contributed by atoms with Gasteiger partial charge in [0.15, 0.2) is 25.7 Å². The maximum absolute atomic E-state index is 13.2. The number of rotatable bonds is 5. The molecule has 3 aromatic rings. The molecule has 25 heavy (non-hydrogen) atoms. The second-order valence-electron chi connectivity index (χ2n) is 5.17. The van der Waals surface area contributed by atoms with Gasteiger partial charge in [-0.1, -0.05) is 41.3 Å². The third kappa shape index (κ3) is 4.02. The fraction of sp³-hybridized carbons (Fsp3) is 0.118. The summed E-state index contributed by atoms with van der Waals surface area (Å²) in [6.45, 7) is 1.97. The summed E-state index contributed by atoms with van der Waals surface area (Å²) in [7, 11) is 0. The zero-order valence-electron chi connectivity index (χ0n) is 13.0. The number of para-hydroxylation sites is 1. The van der Waals surface area contributed by atoms with Crippen molar-refractivity contribution in [1.29, 1.82) is 0 Å². The van der Waals surface area contributed by atoms with Crippen molar-refractivity contribution < 1.29 is 13.6 Å². The van der Waals surface area contributed by atoms with E-state index in [1.54, 1.807) is 4.68 Å². The molecule has 0 amide bonds. The molecule has 3 nitrogen and oxygen atoms in total. The van der Waals surface area contributed by atoms with Crippen LogP contribution in [0, 0.1) is 22.5 Å². The van der Waals surface area contributed by atoms with Gasteiger partial charge >= 0.3 is 0 Å². The highest BCUT2D eigenvalue weighted by atomic mass is 32.2. The normalized spacial score (nSPS) is 10.8. The van der Waals surface area contributed by atoms with Gasteiger partial charge in [-0.2, -0.15) is 0 Å². The number of thioether (sulfide) groups is 1. The van der Waals surface area contributed by atoms with Crippen LogP contribution in [0.4, 0.5) is 8.78 Å². The molecule has 0 aliphatic carbocycles. The molecule has 0 atom stereocenters. The van der Waals surface area contributed by atoms with E-state index in [4.69, 9.17) is 12.2 Å². The molecule has 128 valence electrons. The minimum absolute atomic E-state index is 0.0706. The van der Waals surface area contributed by atoms with Crippen molar-refractivity contribution in [3.8, 4) is 5.69 Å². The van der Waals surface area contributed by atoms with E-state index in [-0.39, 0.29) is 17.1 Å². The molecule has 0 spiro atoms. The van der Waals surface area contributed by atoms with Crippen LogP contribution in [0.5, 0.6) is 0 Å². The maximum atomic E-state index is 13.2. The molecule has 0 aliphatic rings. The lowest BCUT2D eigenvalue weighted by molar-refractivity contribution is 0.102. The van der Waals surface area contributed by atoms with Gasteiger partial charge < -0.3 is 0 Å². The number of hydrogen-bond donors (Lipinski definition) is 0. The van der Waals surface area contributed by atoms with E-state index in [1.807, 2.05) is 31.2 Å². The summed E-state index contributed by atoms with van der Waals surface area (Å²) in [6, 6.07) is 10.9. The van der Waals surface area contributed by atoms with E-state index in [0.29, 0.717) is 8.29 Å². The van der Waals surface area contributed by atoms with Gasteiger partial charge in [0, 0.05) is 5.56 Å². The predicted octanol–water partition coefficient (Wildman–Crippen LogP) is 5.22. The van der Waals surface area contributed by atoms with Crippen molar-refractivity contribution in [3.63, 3.8) is 0 Å². The van der Waals surface area contributed by atoms with Gasteiger partial charge in [-0.3, -0.25) is 4.79 Å². The number of Topliss-reactive ketones (excluding diaryl/α,β-unsaturated/α-hetero) is 1. The Morgan fingerprint density at radius 2 is 2.00 bits per heavy atom. The number of halogens is 2. The topological polar surface area (TPSA) is 34.9 Å².